The van der Waals surface area contributed by atoms with Crippen LogP contribution in [0, 0.1) is 25.7 Å². The number of hydrogen-bond donors (Lipinski definition) is 1. The molecule has 1 unspecified atom stereocenters. The predicted molar refractivity (Wildman–Crippen MR) is 114 cm³/mol. The molecular formula is C24H29N3O3. The van der Waals surface area contributed by atoms with Gasteiger partial charge in [0, 0.05) is 37.8 Å². The van der Waals surface area contributed by atoms with E-state index in [2.05, 4.69) is 16.4 Å². The van der Waals surface area contributed by atoms with E-state index in [0.717, 1.165) is 54.7 Å². The lowest BCUT2D eigenvalue weighted by Crippen LogP contribution is -2.45. The molecule has 6 heteroatoms. The number of nitrogens with zero attached hydrogens (tertiary/aromatic N) is 2. The SMILES string of the molecule is Cc1ccc(C)c(Oc2ccc(CNC(=O)C3CCCN(C(=O)C4CC4)C3)cn2)c1. The molecular weight excluding hydrogens is 378 g/mol. The highest BCUT2D eigenvalue weighted by Gasteiger charge is 2.36. The lowest BCUT2D eigenvalue weighted by Gasteiger charge is -2.32. The maximum atomic E-state index is 12.6. The number of carbonyl (C=O) groups excluding carboxylic acids is 2. The van der Waals surface area contributed by atoms with Crippen molar-refractivity contribution in [2.75, 3.05) is 13.1 Å². The number of aromatic nitrogens is 1. The van der Waals surface area contributed by atoms with Gasteiger partial charge in [0.2, 0.25) is 17.7 Å². The Balaban J connectivity index is 1.28. The minimum Gasteiger partial charge on any atom is -0.439 e. The fourth-order valence-corrected chi connectivity index (χ4v) is 3.82. The summed E-state index contributed by atoms with van der Waals surface area (Å²) in [6, 6.07) is 9.80. The Bertz CT molecular complexity index is 922. The van der Waals surface area contributed by atoms with E-state index in [4.69, 9.17) is 4.74 Å². The average molecular weight is 408 g/mol. The molecule has 2 fully saturated rings. The molecule has 0 spiro atoms. The van der Waals surface area contributed by atoms with Gasteiger partial charge in [-0.1, -0.05) is 18.2 Å². The highest BCUT2D eigenvalue weighted by Crippen LogP contribution is 2.32. The summed E-state index contributed by atoms with van der Waals surface area (Å²) >= 11 is 0. The Kier molecular flexibility index (Phi) is 6.02. The third-order valence-electron chi connectivity index (χ3n) is 5.85. The van der Waals surface area contributed by atoms with Crippen LogP contribution in [0.25, 0.3) is 0 Å². The smallest absolute Gasteiger partial charge is 0.225 e. The first-order chi connectivity index (χ1) is 14.5. The first-order valence-corrected chi connectivity index (χ1v) is 10.8. The van der Waals surface area contributed by atoms with Gasteiger partial charge in [-0.3, -0.25) is 9.59 Å². The number of aryl methyl sites for hydroxylation is 2. The largest absolute Gasteiger partial charge is 0.439 e. The number of carbonyl (C=O) groups is 2. The average Bonchev–Trinajstić information content (AvgIpc) is 3.60. The number of pyridine rings is 1. The zero-order valence-electron chi connectivity index (χ0n) is 17.7. The molecule has 4 rings (SSSR count). The quantitative estimate of drug-likeness (QED) is 0.792. The first-order valence-electron chi connectivity index (χ1n) is 10.8. The Labute approximate surface area is 177 Å². The summed E-state index contributed by atoms with van der Waals surface area (Å²) in [5.41, 5.74) is 3.11. The first kappa shape index (κ1) is 20.4. The molecule has 6 nitrogen and oxygen atoms in total. The molecule has 158 valence electrons. The van der Waals surface area contributed by atoms with Crippen molar-refractivity contribution in [2.24, 2.45) is 11.8 Å². The van der Waals surface area contributed by atoms with Crippen LogP contribution in [0.1, 0.15) is 42.4 Å². The number of likely N-dealkylation sites (tertiary alicyclic amines) is 1. The second kappa shape index (κ2) is 8.86. The molecule has 0 bridgehead atoms. The highest BCUT2D eigenvalue weighted by molar-refractivity contribution is 5.83. The molecule has 2 aromatic rings. The number of hydrogen-bond acceptors (Lipinski definition) is 4. The van der Waals surface area contributed by atoms with Crippen molar-refractivity contribution in [3.05, 3.63) is 53.2 Å². The molecule has 1 atom stereocenters. The van der Waals surface area contributed by atoms with Crippen molar-refractivity contribution in [3.63, 3.8) is 0 Å². The molecule has 2 amide bonds. The summed E-state index contributed by atoms with van der Waals surface area (Å²) in [6.07, 6.45) is 5.46. The molecule has 1 saturated carbocycles. The van der Waals surface area contributed by atoms with E-state index in [-0.39, 0.29) is 23.7 Å². The van der Waals surface area contributed by atoms with Crippen LogP contribution in [-0.4, -0.2) is 34.8 Å². The minimum absolute atomic E-state index is 0.0130. The molecule has 1 N–H and O–H groups in total. The Morgan fingerprint density at radius 1 is 1.13 bits per heavy atom. The molecule has 2 heterocycles. The van der Waals surface area contributed by atoms with Gasteiger partial charge >= 0.3 is 0 Å². The Hall–Kier alpha value is -2.89. The summed E-state index contributed by atoms with van der Waals surface area (Å²) in [5.74, 6) is 1.66. The van der Waals surface area contributed by atoms with E-state index in [0.29, 0.717) is 19.0 Å². The van der Waals surface area contributed by atoms with Crippen LogP contribution < -0.4 is 10.1 Å². The van der Waals surface area contributed by atoms with Crippen LogP contribution in [-0.2, 0) is 16.1 Å². The van der Waals surface area contributed by atoms with E-state index in [1.165, 1.54) is 0 Å². The number of amides is 2. The van der Waals surface area contributed by atoms with Gasteiger partial charge in [-0.2, -0.15) is 0 Å². The second-order valence-electron chi connectivity index (χ2n) is 8.49. The van der Waals surface area contributed by atoms with Crippen LogP contribution in [0.5, 0.6) is 11.6 Å². The molecule has 0 radical (unpaired) electrons. The summed E-state index contributed by atoms with van der Waals surface area (Å²) in [7, 11) is 0. The summed E-state index contributed by atoms with van der Waals surface area (Å²) in [4.78, 5) is 31.1. The minimum atomic E-state index is -0.124. The number of benzene rings is 1. The van der Waals surface area contributed by atoms with Gasteiger partial charge in [-0.15, -0.1) is 0 Å². The lowest BCUT2D eigenvalue weighted by molar-refractivity contribution is -0.136. The van der Waals surface area contributed by atoms with Crippen molar-refractivity contribution >= 4 is 11.8 Å². The van der Waals surface area contributed by atoms with Crippen molar-refractivity contribution in [1.29, 1.82) is 0 Å². The van der Waals surface area contributed by atoms with Gasteiger partial charge in [-0.05, 0) is 62.3 Å². The summed E-state index contributed by atoms with van der Waals surface area (Å²) in [5, 5.41) is 3.00. The third kappa shape index (κ3) is 4.99. The van der Waals surface area contributed by atoms with E-state index < -0.39 is 0 Å². The zero-order valence-corrected chi connectivity index (χ0v) is 17.7. The normalized spacial score (nSPS) is 18.7. The summed E-state index contributed by atoms with van der Waals surface area (Å²) in [6.45, 7) is 5.78. The predicted octanol–water partition coefficient (Wildman–Crippen LogP) is 3.76. The van der Waals surface area contributed by atoms with Crippen molar-refractivity contribution in [1.82, 2.24) is 15.2 Å². The van der Waals surface area contributed by atoms with Gasteiger partial charge < -0.3 is 15.0 Å². The van der Waals surface area contributed by atoms with Crippen molar-refractivity contribution < 1.29 is 14.3 Å². The number of ether oxygens (including phenoxy) is 1. The van der Waals surface area contributed by atoms with E-state index in [9.17, 15) is 9.59 Å². The molecule has 1 aliphatic heterocycles. The number of rotatable bonds is 6. The fourth-order valence-electron chi connectivity index (χ4n) is 3.82. The number of piperidine rings is 1. The molecule has 1 aromatic heterocycles. The van der Waals surface area contributed by atoms with Crippen molar-refractivity contribution in [2.45, 2.75) is 46.1 Å². The van der Waals surface area contributed by atoms with Crippen LogP contribution in [0.3, 0.4) is 0 Å². The number of nitrogens with one attached hydrogen (secondary N) is 1. The molecule has 2 aliphatic rings. The highest BCUT2D eigenvalue weighted by atomic mass is 16.5. The molecule has 1 aliphatic carbocycles. The van der Waals surface area contributed by atoms with Gasteiger partial charge in [0.15, 0.2) is 0 Å². The Morgan fingerprint density at radius 3 is 2.70 bits per heavy atom. The fraction of sp³-hybridized carbons (Fsp3) is 0.458. The maximum Gasteiger partial charge on any atom is 0.225 e. The molecule has 1 saturated heterocycles. The van der Waals surface area contributed by atoms with Gasteiger partial charge in [0.05, 0.1) is 5.92 Å². The van der Waals surface area contributed by atoms with Crippen LogP contribution in [0.15, 0.2) is 36.5 Å². The maximum absolute atomic E-state index is 12.6. The molecule has 30 heavy (non-hydrogen) atoms. The topological polar surface area (TPSA) is 71.5 Å². The van der Waals surface area contributed by atoms with Crippen LogP contribution in [0.4, 0.5) is 0 Å². The second-order valence-corrected chi connectivity index (χ2v) is 8.49. The third-order valence-corrected chi connectivity index (χ3v) is 5.85. The zero-order chi connectivity index (χ0) is 21.1. The standard InChI is InChI=1S/C24H29N3O3/c1-16-5-6-17(2)21(12-16)30-22-10-7-18(13-25-22)14-26-23(28)20-4-3-11-27(15-20)24(29)19-8-9-19/h5-7,10,12-13,19-20H,3-4,8-9,11,14-15H2,1-2H3,(H,26,28). The van der Waals surface area contributed by atoms with Crippen LogP contribution in [0.2, 0.25) is 0 Å². The molecule has 1 aromatic carbocycles. The van der Waals surface area contributed by atoms with Crippen molar-refractivity contribution in [3.8, 4) is 11.6 Å². The van der Waals surface area contributed by atoms with E-state index in [1.807, 2.05) is 43.0 Å². The van der Waals surface area contributed by atoms with Crippen LogP contribution >= 0.6 is 0 Å². The van der Waals surface area contributed by atoms with E-state index >= 15 is 0 Å². The van der Waals surface area contributed by atoms with Gasteiger partial charge in [0.1, 0.15) is 5.75 Å². The van der Waals surface area contributed by atoms with E-state index in [1.54, 1.807) is 6.20 Å². The summed E-state index contributed by atoms with van der Waals surface area (Å²) < 4.78 is 5.89. The monoisotopic (exact) mass is 407 g/mol. The Morgan fingerprint density at radius 2 is 1.97 bits per heavy atom. The van der Waals surface area contributed by atoms with Gasteiger partial charge in [-0.25, -0.2) is 4.98 Å². The lowest BCUT2D eigenvalue weighted by atomic mass is 9.96. The van der Waals surface area contributed by atoms with Gasteiger partial charge in [0.25, 0.3) is 0 Å².